The summed E-state index contributed by atoms with van der Waals surface area (Å²) in [6.07, 6.45) is 0. The Hall–Kier alpha value is -3.58. The Kier molecular flexibility index (Phi) is 7.65. The highest BCUT2D eigenvalue weighted by molar-refractivity contribution is 8.00. The fourth-order valence-electron chi connectivity index (χ4n) is 3.21. The number of aryl methyl sites for hydroxylation is 1. The molecule has 0 aliphatic carbocycles. The number of hydrogen-bond donors (Lipinski definition) is 1. The maximum Gasteiger partial charge on any atom is 0.336 e. The summed E-state index contributed by atoms with van der Waals surface area (Å²) in [5.74, 6) is 1.38. The minimum absolute atomic E-state index is 0.0490. The molecule has 0 unspecified atom stereocenters. The minimum atomic E-state index is -0.0490. The highest BCUT2D eigenvalue weighted by Gasteiger charge is 2.15. The zero-order chi connectivity index (χ0) is 23.9. The van der Waals surface area contributed by atoms with Crippen molar-refractivity contribution in [3.05, 3.63) is 84.4 Å². The van der Waals surface area contributed by atoms with Gasteiger partial charge in [-0.15, -0.1) is 16.9 Å². The number of anilines is 1. The molecule has 0 aliphatic rings. The molecule has 6 nitrogen and oxygen atoms in total. The number of carbonyl (C=O) groups is 1. The number of rotatable bonds is 9. The molecule has 0 saturated heterocycles. The van der Waals surface area contributed by atoms with Crippen molar-refractivity contribution < 1.29 is 9.53 Å². The molecule has 0 radical (unpaired) electrons. The van der Waals surface area contributed by atoms with Crippen LogP contribution in [0.15, 0.2) is 83.8 Å². The van der Waals surface area contributed by atoms with Crippen molar-refractivity contribution in [2.24, 2.45) is 5.92 Å². The summed E-state index contributed by atoms with van der Waals surface area (Å²) < 4.78 is 7.57. The SMILES string of the molecule is Cc1ccc(-c2nc(OCC(C)C)nn2-c2ccc(NC(=O)CSc3ccccc3)cc2)cc1. The van der Waals surface area contributed by atoms with Crippen LogP contribution in [0.25, 0.3) is 17.1 Å². The van der Waals surface area contributed by atoms with Crippen molar-refractivity contribution in [2.45, 2.75) is 25.7 Å². The Morgan fingerprint density at radius 1 is 1.00 bits per heavy atom. The molecule has 0 bridgehead atoms. The molecule has 0 fully saturated rings. The molecule has 34 heavy (non-hydrogen) atoms. The zero-order valence-corrected chi connectivity index (χ0v) is 20.4. The molecule has 0 aliphatic heterocycles. The van der Waals surface area contributed by atoms with Gasteiger partial charge in [0.05, 0.1) is 18.0 Å². The van der Waals surface area contributed by atoms with Crippen molar-refractivity contribution in [3.8, 4) is 23.1 Å². The molecule has 1 amide bonds. The third-order valence-electron chi connectivity index (χ3n) is 4.95. The number of benzene rings is 3. The van der Waals surface area contributed by atoms with Crippen LogP contribution >= 0.6 is 11.8 Å². The van der Waals surface area contributed by atoms with Crippen molar-refractivity contribution >= 4 is 23.4 Å². The number of hydrogen-bond acceptors (Lipinski definition) is 5. The molecule has 4 aromatic rings. The molecule has 174 valence electrons. The first-order valence-electron chi connectivity index (χ1n) is 11.2. The lowest BCUT2D eigenvalue weighted by Crippen LogP contribution is -2.14. The standard InChI is InChI=1S/C27H28N4O2S/c1-19(2)17-33-27-29-26(21-11-9-20(3)10-12-21)31(30-27)23-15-13-22(14-16-23)28-25(32)18-34-24-7-5-4-6-8-24/h4-16,19H,17-18H2,1-3H3,(H,28,32). The summed E-state index contributed by atoms with van der Waals surface area (Å²) in [6, 6.07) is 26.0. The Morgan fingerprint density at radius 3 is 2.38 bits per heavy atom. The molecule has 1 heterocycles. The van der Waals surface area contributed by atoms with Crippen LogP contribution in [-0.4, -0.2) is 33.0 Å². The van der Waals surface area contributed by atoms with E-state index in [9.17, 15) is 4.79 Å². The van der Waals surface area contributed by atoms with E-state index >= 15 is 0 Å². The quantitative estimate of drug-likeness (QED) is 0.302. The lowest BCUT2D eigenvalue weighted by Gasteiger charge is -2.09. The number of thioether (sulfide) groups is 1. The topological polar surface area (TPSA) is 69.0 Å². The van der Waals surface area contributed by atoms with E-state index in [1.54, 1.807) is 4.68 Å². The van der Waals surface area contributed by atoms with E-state index in [0.717, 1.165) is 21.8 Å². The Labute approximate surface area is 204 Å². The van der Waals surface area contributed by atoms with Gasteiger partial charge in [-0.2, -0.15) is 4.98 Å². The molecular formula is C27H28N4O2S. The fourth-order valence-corrected chi connectivity index (χ4v) is 3.93. The molecule has 0 spiro atoms. The van der Waals surface area contributed by atoms with Crippen molar-refractivity contribution in [3.63, 3.8) is 0 Å². The van der Waals surface area contributed by atoms with Crippen molar-refractivity contribution in [1.82, 2.24) is 14.8 Å². The summed E-state index contributed by atoms with van der Waals surface area (Å²) in [4.78, 5) is 18.1. The second kappa shape index (κ2) is 11.0. The predicted octanol–water partition coefficient (Wildman–Crippen LogP) is 6.01. The smallest absolute Gasteiger partial charge is 0.336 e. The van der Waals surface area contributed by atoms with E-state index in [4.69, 9.17) is 4.74 Å². The van der Waals surface area contributed by atoms with E-state index in [-0.39, 0.29) is 5.91 Å². The molecule has 1 aromatic heterocycles. The van der Waals surface area contributed by atoms with E-state index in [1.165, 1.54) is 17.3 Å². The first-order valence-corrected chi connectivity index (χ1v) is 12.2. The van der Waals surface area contributed by atoms with Gasteiger partial charge in [0, 0.05) is 16.1 Å². The van der Waals surface area contributed by atoms with Crippen molar-refractivity contribution in [1.29, 1.82) is 0 Å². The Bertz CT molecular complexity index is 1220. The third kappa shape index (κ3) is 6.26. The van der Waals surface area contributed by atoms with Gasteiger partial charge in [-0.3, -0.25) is 4.79 Å². The van der Waals surface area contributed by atoms with Gasteiger partial charge in [0.25, 0.3) is 0 Å². The number of nitrogens with one attached hydrogen (secondary N) is 1. The second-order valence-corrected chi connectivity index (χ2v) is 9.45. The van der Waals surface area contributed by atoms with Crippen LogP contribution in [0, 0.1) is 12.8 Å². The Balaban J connectivity index is 1.50. The molecule has 0 saturated carbocycles. The fraction of sp³-hybridized carbons (Fsp3) is 0.222. The van der Waals surface area contributed by atoms with Gasteiger partial charge in [0.1, 0.15) is 0 Å². The summed E-state index contributed by atoms with van der Waals surface area (Å²) in [5.41, 5.74) is 3.69. The van der Waals surface area contributed by atoms with Gasteiger partial charge in [-0.1, -0.05) is 61.9 Å². The van der Waals surface area contributed by atoms with Crippen LogP contribution in [0.1, 0.15) is 19.4 Å². The number of nitrogens with zero attached hydrogens (tertiary/aromatic N) is 3. The monoisotopic (exact) mass is 472 g/mol. The van der Waals surface area contributed by atoms with E-state index < -0.39 is 0 Å². The van der Waals surface area contributed by atoms with Crippen LogP contribution in [0.2, 0.25) is 0 Å². The number of ether oxygens (including phenoxy) is 1. The maximum absolute atomic E-state index is 12.4. The first kappa shape index (κ1) is 23.6. The highest BCUT2D eigenvalue weighted by Crippen LogP contribution is 2.25. The maximum atomic E-state index is 12.4. The van der Waals surface area contributed by atoms with Gasteiger partial charge in [-0.05, 0) is 49.2 Å². The van der Waals surface area contributed by atoms with Gasteiger partial charge in [-0.25, -0.2) is 4.68 Å². The van der Waals surface area contributed by atoms with Crippen LogP contribution in [0.4, 0.5) is 5.69 Å². The minimum Gasteiger partial charge on any atom is -0.462 e. The molecule has 3 aromatic carbocycles. The second-order valence-electron chi connectivity index (χ2n) is 8.40. The first-order chi connectivity index (χ1) is 16.5. The number of carbonyl (C=O) groups excluding carboxylic acids is 1. The largest absolute Gasteiger partial charge is 0.462 e. The highest BCUT2D eigenvalue weighted by atomic mass is 32.2. The molecule has 7 heteroatoms. The lowest BCUT2D eigenvalue weighted by molar-refractivity contribution is -0.113. The van der Waals surface area contributed by atoms with Gasteiger partial charge in [0.2, 0.25) is 5.91 Å². The van der Waals surface area contributed by atoms with Crippen LogP contribution in [0.3, 0.4) is 0 Å². The average molecular weight is 473 g/mol. The van der Waals surface area contributed by atoms with Gasteiger partial charge in [0.15, 0.2) is 5.82 Å². The molecule has 0 atom stereocenters. The molecule has 1 N–H and O–H groups in total. The third-order valence-corrected chi connectivity index (χ3v) is 5.96. The lowest BCUT2D eigenvalue weighted by atomic mass is 10.1. The summed E-state index contributed by atoms with van der Waals surface area (Å²) in [6.45, 7) is 6.77. The number of amides is 1. The predicted molar refractivity (Wildman–Crippen MR) is 138 cm³/mol. The normalized spacial score (nSPS) is 10.9. The van der Waals surface area contributed by atoms with Gasteiger partial charge >= 0.3 is 6.01 Å². The zero-order valence-electron chi connectivity index (χ0n) is 19.6. The summed E-state index contributed by atoms with van der Waals surface area (Å²) in [5, 5.41) is 7.55. The van der Waals surface area contributed by atoms with Crippen LogP contribution in [0.5, 0.6) is 6.01 Å². The van der Waals surface area contributed by atoms with E-state index in [1.807, 2.05) is 66.7 Å². The summed E-state index contributed by atoms with van der Waals surface area (Å²) >= 11 is 1.51. The average Bonchev–Trinajstić information content (AvgIpc) is 3.27. The van der Waals surface area contributed by atoms with Crippen LogP contribution < -0.4 is 10.1 Å². The van der Waals surface area contributed by atoms with E-state index in [2.05, 4.69) is 48.3 Å². The van der Waals surface area contributed by atoms with Crippen LogP contribution in [-0.2, 0) is 4.79 Å². The molecule has 4 rings (SSSR count). The summed E-state index contributed by atoms with van der Waals surface area (Å²) in [7, 11) is 0. The molecular weight excluding hydrogens is 444 g/mol. The van der Waals surface area contributed by atoms with E-state index in [0.29, 0.717) is 30.1 Å². The number of aromatic nitrogens is 3. The Morgan fingerprint density at radius 2 is 1.71 bits per heavy atom. The van der Waals surface area contributed by atoms with Crippen molar-refractivity contribution in [2.75, 3.05) is 17.7 Å². The van der Waals surface area contributed by atoms with Gasteiger partial charge < -0.3 is 10.1 Å².